The summed E-state index contributed by atoms with van der Waals surface area (Å²) < 4.78 is 5.35. The summed E-state index contributed by atoms with van der Waals surface area (Å²) in [5, 5.41) is 3.59. The summed E-state index contributed by atoms with van der Waals surface area (Å²) in [5.74, 6) is 2.70. The molecule has 0 bridgehead atoms. The molecule has 4 atom stereocenters. The van der Waals surface area contributed by atoms with E-state index in [0.29, 0.717) is 6.04 Å². The van der Waals surface area contributed by atoms with Crippen molar-refractivity contribution in [2.24, 2.45) is 17.8 Å². The molecule has 0 heterocycles. The van der Waals surface area contributed by atoms with Crippen LogP contribution in [-0.2, 0) is 4.74 Å². The standard InChI is InChI=1S/C18H36N2O/c1-5-15-6-9-18(19-3)17(12-15)13-20(10-11-21-4)14(2)16-7-8-16/h14-19H,5-13H2,1-4H3. The Kier molecular flexibility index (Phi) is 6.97. The van der Waals surface area contributed by atoms with Gasteiger partial charge in [0.25, 0.3) is 0 Å². The van der Waals surface area contributed by atoms with Crippen molar-refractivity contribution in [3.8, 4) is 0 Å². The topological polar surface area (TPSA) is 24.5 Å². The third kappa shape index (κ3) is 4.94. The number of ether oxygens (including phenoxy) is 1. The molecule has 0 aromatic rings. The van der Waals surface area contributed by atoms with Crippen molar-refractivity contribution in [1.82, 2.24) is 10.2 Å². The highest BCUT2D eigenvalue weighted by Gasteiger charge is 2.35. The van der Waals surface area contributed by atoms with Crippen LogP contribution in [0.3, 0.4) is 0 Å². The van der Waals surface area contributed by atoms with E-state index in [1.807, 2.05) is 7.11 Å². The average Bonchev–Trinajstić information content (AvgIpc) is 3.35. The Morgan fingerprint density at radius 2 is 2.00 bits per heavy atom. The number of hydrogen-bond acceptors (Lipinski definition) is 3. The first-order chi connectivity index (χ1) is 10.2. The van der Waals surface area contributed by atoms with Gasteiger partial charge in [-0.3, -0.25) is 4.90 Å². The van der Waals surface area contributed by atoms with Gasteiger partial charge >= 0.3 is 0 Å². The van der Waals surface area contributed by atoms with Crippen molar-refractivity contribution < 1.29 is 4.74 Å². The van der Waals surface area contributed by atoms with E-state index >= 15 is 0 Å². The Balaban J connectivity index is 1.94. The quantitative estimate of drug-likeness (QED) is 0.707. The highest BCUT2D eigenvalue weighted by atomic mass is 16.5. The van der Waals surface area contributed by atoms with Crippen LogP contribution in [0.5, 0.6) is 0 Å². The highest BCUT2D eigenvalue weighted by Crippen LogP contribution is 2.37. The van der Waals surface area contributed by atoms with Gasteiger partial charge in [-0.15, -0.1) is 0 Å². The normalized spacial score (nSPS) is 31.6. The molecule has 2 rings (SSSR count). The lowest BCUT2D eigenvalue weighted by Crippen LogP contribution is -2.48. The van der Waals surface area contributed by atoms with Gasteiger partial charge in [-0.05, 0) is 63.8 Å². The van der Waals surface area contributed by atoms with Crippen LogP contribution in [0.1, 0.15) is 52.4 Å². The summed E-state index contributed by atoms with van der Waals surface area (Å²) in [7, 11) is 3.97. The van der Waals surface area contributed by atoms with Gasteiger partial charge in [-0.25, -0.2) is 0 Å². The van der Waals surface area contributed by atoms with E-state index in [4.69, 9.17) is 4.74 Å². The van der Waals surface area contributed by atoms with Gasteiger partial charge in [0, 0.05) is 32.3 Å². The molecule has 4 unspecified atom stereocenters. The van der Waals surface area contributed by atoms with Crippen LogP contribution in [0.25, 0.3) is 0 Å². The van der Waals surface area contributed by atoms with Crippen molar-refractivity contribution in [2.45, 2.75) is 64.5 Å². The van der Waals surface area contributed by atoms with E-state index in [9.17, 15) is 0 Å². The molecular weight excluding hydrogens is 260 g/mol. The van der Waals surface area contributed by atoms with Crippen LogP contribution in [0, 0.1) is 17.8 Å². The van der Waals surface area contributed by atoms with Gasteiger partial charge in [0.1, 0.15) is 0 Å². The Morgan fingerprint density at radius 3 is 2.57 bits per heavy atom. The highest BCUT2D eigenvalue weighted by molar-refractivity contribution is 4.90. The van der Waals surface area contributed by atoms with Crippen molar-refractivity contribution in [1.29, 1.82) is 0 Å². The molecule has 0 aromatic carbocycles. The summed E-state index contributed by atoms with van der Waals surface area (Å²) >= 11 is 0. The summed E-state index contributed by atoms with van der Waals surface area (Å²) in [4.78, 5) is 2.72. The molecule has 0 amide bonds. The third-order valence-corrected chi connectivity index (χ3v) is 5.97. The number of rotatable bonds is 9. The molecular formula is C18H36N2O. The Morgan fingerprint density at radius 1 is 1.24 bits per heavy atom. The maximum absolute atomic E-state index is 5.35. The molecule has 0 spiro atoms. The van der Waals surface area contributed by atoms with Crippen LogP contribution in [-0.4, -0.2) is 50.8 Å². The van der Waals surface area contributed by atoms with Gasteiger partial charge in [-0.2, -0.15) is 0 Å². The van der Waals surface area contributed by atoms with Crippen molar-refractivity contribution in [2.75, 3.05) is 33.9 Å². The molecule has 1 N–H and O–H groups in total. The SMILES string of the molecule is CCC1CCC(NC)C(CN(CCOC)C(C)C2CC2)C1. The first-order valence-corrected chi connectivity index (χ1v) is 9.09. The minimum atomic E-state index is 0.712. The average molecular weight is 296 g/mol. The molecule has 2 saturated carbocycles. The monoisotopic (exact) mass is 296 g/mol. The van der Waals surface area contributed by atoms with Crippen LogP contribution in [0.15, 0.2) is 0 Å². The predicted octanol–water partition coefficient (Wildman–Crippen LogP) is 3.15. The number of nitrogens with one attached hydrogen (secondary N) is 1. The molecule has 21 heavy (non-hydrogen) atoms. The third-order valence-electron chi connectivity index (χ3n) is 5.97. The van der Waals surface area contributed by atoms with Crippen LogP contribution in [0.4, 0.5) is 0 Å². The van der Waals surface area contributed by atoms with Gasteiger partial charge in [-0.1, -0.05) is 13.3 Å². The summed E-state index contributed by atoms with van der Waals surface area (Å²) in [6.07, 6.45) is 8.39. The first kappa shape index (κ1) is 17.2. The molecule has 0 radical (unpaired) electrons. The molecule has 0 aromatic heterocycles. The van der Waals surface area contributed by atoms with Crippen LogP contribution < -0.4 is 5.32 Å². The van der Waals surface area contributed by atoms with E-state index in [1.54, 1.807) is 0 Å². The number of nitrogens with zero attached hydrogens (tertiary/aromatic N) is 1. The van der Waals surface area contributed by atoms with E-state index in [2.05, 4.69) is 31.1 Å². The van der Waals surface area contributed by atoms with Crippen LogP contribution >= 0.6 is 0 Å². The van der Waals surface area contributed by atoms with Crippen molar-refractivity contribution in [3.05, 3.63) is 0 Å². The smallest absolute Gasteiger partial charge is 0.0589 e. The second kappa shape index (κ2) is 8.50. The zero-order chi connectivity index (χ0) is 15.2. The van der Waals surface area contributed by atoms with Crippen molar-refractivity contribution in [3.63, 3.8) is 0 Å². The minimum absolute atomic E-state index is 0.712. The lowest BCUT2D eigenvalue weighted by Gasteiger charge is -2.40. The number of methoxy groups -OCH3 is 1. The van der Waals surface area contributed by atoms with E-state index in [-0.39, 0.29) is 0 Å². The second-order valence-corrected chi connectivity index (χ2v) is 7.31. The van der Waals surface area contributed by atoms with Gasteiger partial charge in [0.05, 0.1) is 6.61 Å². The molecule has 2 aliphatic rings. The van der Waals surface area contributed by atoms with Gasteiger partial charge in [0.15, 0.2) is 0 Å². The Labute approximate surface area is 131 Å². The van der Waals surface area contributed by atoms with Gasteiger partial charge < -0.3 is 10.1 Å². The van der Waals surface area contributed by atoms with E-state index in [1.165, 1.54) is 45.1 Å². The summed E-state index contributed by atoms with van der Waals surface area (Å²) in [6.45, 7) is 8.00. The molecule has 3 heteroatoms. The fourth-order valence-electron chi connectivity index (χ4n) is 4.16. The Bertz CT molecular complexity index is 291. The molecule has 0 saturated heterocycles. The fraction of sp³-hybridized carbons (Fsp3) is 1.00. The first-order valence-electron chi connectivity index (χ1n) is 9.09. The minimum Gasteiger partial charge on any atom is -0.383 e. The molecule has 124 valence electrons. The Hall–Kier alpha value is -0.120. The number of hydrogen-bond donors (Lipinski definition) is 1. The zero-order valence-electron chi connectivity index (χ0n) is 14.6. The fourth-order valence-corrected chi connectivity index (χ4v) is 4.16. The van der Waals surface area contributed by atoms with E-state index < -0.39 is 0 Å². The predicted molar refractivity (Wildman–Crippen MR) is 89.6 cm³/mol. The van der Waals surface area contributed by atoms with Gasteiger partial charge in [0.2, 0.25) is 0 Å². The molecule has 2 aliphatic carbocycles. The largest absolute Gasteiger partial charge is 0.383 e. The lowest BCUT2D eigenvalue weighted by molar-refractivity contribution is 0.0782. The maximum atomic E-state index is 5.35. The summed E-state index contributed by atoms with van der Waals surface area (Å²) in [5.41, 5.74) is 0. The maximum Gasteiger partial charge on any atom is 0.0589 e. The van der Waals surface area contributed by atoms with Crippen molar-refractivity contribution >= 4 is 0 Å². The lowest BCUT2D eigenvalue weighted by atomic mass is 9.76. The second-order valence-electron chi connectivity index (χ2n) is 7.31. The van der Waals surface area contributed by atoms with Crippen LogP contribution in [0.2, 0.25) is 0 Å². The summed E-state index contributed by atoms with van der Waals surface area (Å²) in [6, 6.07) is 1.45. The molecule has 3 nitrogen and oxygen atoms in total. The molecule has 0 aliphatic heterocycles. The zero-order valence-corrected chi connectivity index (χ0v) is 14.6. The van der Waals surface area contributed by atoms with E-state index in [0.717, 1.165) is 36.9 Å². The molecule has 2 fully saturated rings.